The Morgan fingerprint density at radius 2 is 1.70 bits per heavy atom. The number of carbonyl (C=O) groups excluding carboxylic acids is 1. The summed E-state index contributed by atoms with van der Waals surface area (Å²) in [5.74, 6) is -0.375. The highest BCUT2D eigenvalue weighted by Crippen LogP contribution is 2.29. The number of carbonyl (C=O) groups is 1. The van der Waals surface area contributed by atoms with E-state index >= 15 is 0 Å². The van der Waals surface area contributed by atoms with Crippen LogP contribution in [0.25, 0.3) is 21.5 Å². The zero-order chi connectivity index (χ0) is 15.8. The van der Waals surface area contributed by atoms with Crippen molar-refractivity contribution in [1.29, 1.82) is 0 Å². The fraction of sp³-hybridized carbons (Fsp3) is 0.250. The van der Waals surface area contributed by atoms with Crippen LogP contribution < -0.4 is 10.6 Å². The zero-order valence-corrected chi connectivity index (χ0v) is 13.1. The summed E-state index contributed by atoms with van der Waals surface area (Å²) in [6.45, 7) is 2.29. The number of hydrogen-bond acceptors (Lipinski definition) is 2. The first-order chi connectivity index (χ1) is 11.2. The molecule has 1 saturated heterocycles. The van der Waals surface area contributed by atoms with Crippen LogP contribution in [0.15, 0.2) is 48.5 Å². The first-order valence-electron chi connectivity index (χ1n) is 8.24. The smallest absolute Gasteiger partial charge is 0.249 e. The Morgan fingerprint density at radius 3 is 2.48 bits per heavy atom. The second-order valence-corrected chi connectivity index (χ2v) is 6.32. The third kappa shape index (κ3) is 2.52. The van der Waals surface area contributed by atoms with Crippen LogP contribution in [-0.2, 0) is 0 Å². The molecule has 1 fully saturated rings. The molecule has 2 N–H and O–H groups in total. The van der Waals surface area contributed by atoms with Gasteiger partial charge in [0, 0.05) is 24.3 Å². The van der Waals surface area contributed by atoms with Crippen molar-refractivity contribution in [2.45, 2.75) is 19.3 Å². The van der Waals surface area contributed by atoms with Crippen molar-refractivity contribution in [3.8, 4) is 0 Å². The van der Waals surface area contributed by atoms with Gasteiger partial charge in [-0.2, -0.15) is 0 Å². The molecule has 1 aliphatic rings. The standard InChI is InChI=1S/C20H20N2O/c21-20(23)18-6-4-5-15-11-16-12-17(22-9-2-1-3-10-22)8-7-14(16)13-19(15)18/h4-8,11-13H,1-3,9-10H2,(H2,21,23). The summed E-state index contributed by atoms with van der Waals surface area (Å²) in [6.07, 6.45) is 3.89. The van der Waals surface area contributed by atoms with Crippen LogP contribution in [0.4, 0.5) is 5.69 Å². The van der Waals surface area contributed by atoms with E-state index in [2.05, 4.69) is 35.2 Å². The van der Waals surface area contributed by atoms with Crippen LogP contribution in [0.3, 0.4) is 0 Å². The van der Waals surface area contributed by atoms with Crippen LogP contribution in [-0.4, -0.2) is 19.0 Å². The molecule has 0 aliphatic carbocycles. The van der Waals surface area contributed by atoms with Gasteiger partial charge in [0.15, 0.2) is 0 Å². The number of nitrogens with zero attached hydrogens (tertiary/aromatic N) is 1. The van der Waals surface area contributed by atoms with E-state index in [1.807, 2.05) is 12.1 Å². The molecule has 0 saturated carbocycles. The predicted octanol–water partition coefficient (Wildman–Crippen LogP) is 4.08. The number of anilines is 1. The van der Waals surface area contributed by atoms with E-state index in [1.54, 1.807) is 6.07 Å². The average Bonchev–Trinajstić information content (AvgIpc) is 2.59. The minimum absolute atomic E-state index is 0.375. The summed E-state index contributed by atoms with van der Waals surface area (Å²) in [6, 6.07) is 16.5. The van der Waals surface area contributed by atoms with Crippen molar-refractivity contribution in [3.05, 3.63) is 54.1 Å². The maximum Gasteiger partial charge on any atom is 0.249 e. The molecule has 0 bridgehead atoms. The van der Waals surface area contributed by atoms with E-state index in [0.29, 0.717) is 5.56 Å². The molecule has 0 aromatic heterocycles. The molecular weight excluding hydrogens is 284 g/mol. The Bertz CT molecular complexity index is 895. The highest BCUT2D eigenvalue weighted by Gasteiger charge is 2.12. The van der Waals surface area contributed by atoms with Crippen molar-refractivity contribution in [1.82, 2.24) is 0 Å². The summed E-state index contributed by atoms with van der Waals surface area (Å²) < 4.78 is 0. The number of hydrogen-bond donors (Lipinski definition) is 1. The highest BCUT2D eigenvalue weighted by atomic mass is 16.1. The summed E-state index contributed by atoms with van der Waals surface area (Å²) in [4.78, 5) is 14.1. The molecular formula is C20H20N2O. The molecule has 23 heavy (non-hydrogen) atoms. The van der Waals surface area contributed by atoms with Crippen LogP contribution >= 0.6 is 0 Å². The monoisotopic (exact) mass is 304 g/mol. The molecule has 0 atom stereocenters. The van der Waals surface area contributed by atoms with E-state index in [1.165, 1.54) is 30.3 Å². The number of nitrogens with two attached hydrogens (primary N) is 1. The second kappa shape index (κ2) is 5.58. The van der Waals surface area contributed by atoms with E-state index in [9.17, 15) is 4.79 Å². The topological polar surface area (TPSA) is 46.3 Å². The van der Waals surface area contributed by atoms with Gasteiger partial charge in [-0.3, -0.25) is 4.79 Å². The number of primary amides is 1. The third-order valence-corrected chi connectivity index (χ3v) is 4.81. The van der Waals surface area contributed by atoms with Crippen LogP contribution in [0, 0.1) is 0 Å². The lowest BCUT2D eigenvalue weighted by Gasteiger charge is -2.29. The van der Waals surface area contributed by atoms with Crippen molar-refractivity contribution >= 4 is 33.1 Å². The van der Waals surface area contributed by atoms with Crippen LogP contribution in [0.2, 0.25) is 0 Å². The van der Waals surface area contributed by atoms with Gasteiger partial charge in [-0.05, 0) is 71.1 Å². The van der Waals surface area contributed by atoms with Crippen LogP contribution in [0.5, 0.6) is 0 Å². The van der Waals surface area contributed by atoms with Gasteiger partial charge in [-0.25, -0.2) is 0 Å². The summed E-state index contributed by atoms with van der Waals surface area (Å²) in [7, 11) is 0. The molecule has 1 aliphatic heterocycles. The molecule has 0 spiro atoms. The van der Waals surface area contributed by atoms with Crippen molar-refractivity contribution in [2.75, 3.05) is 18.0 Å². The Balaban J connectivity index is 1.86. The van der Waals surface area contributed by atoms with E-state index in [0.717, 1.165) is 29.2 Å². The summed E-state index contributed by atoms with van der Waals surface area (Å²) >= 11 is 0. The second-order valence-electron chi connectivity index (χ2n) is 6.32. The average molecular weight is 304 g/mol. The first kappa shape index (κ1) is 14.1. The van der Waals surface area contributed by atoms with Gasteiger partial charge in [0.25, 0.3) is 0 Å². The lowest BCUT2D eigenvalue weighted by molar-refractivity contribution is 0.100. The maximum absolute atomic E-state index is 11.6. The molecule has 3 aromatic rings. The molecule has 0 radical (unpaired) electrons. The number of rotatable bonds is 2. The Hall–Kier alpha value is -2.55. The van der Waals surface area contributed by atoms with Crippen molar-refractivity contribution < 1.29 is 4.79 Å². The molecule has 4 rings (SSSR count). The summed E-state index contributed by atoms with van der Waals surface area (Å²) in [5.41, 5.74) is 7.38. The lowest BCUT2D eigenvalue weighted by Crippen LogP contribution is -2.29. The van der Waals surface area contributed by atoms with E-state index in [4.69, 9.17) is 5.73 Å². The fourth-order valence-corrected chi connectivity index (χ4v) is 3.58. The molecule has 0 unspecified atom stereocenters. The lowest BCUT2D eigenvalue weighted by atomic mass is 9.98. The summed E-state index contributed by atoms with van der Waals surface area (Å²) in [5, 5.41) is 4.34. The molecule has 3 nitrogen and oxygen atoms in total. The molecule has 116 valence electrons. The SMILES string of the molecule is NC(=O)c1cccc2cc3cc(N4CCCCC4)ccc3cc12. The van der Waals surface area contributed by atoms with Gasteiger partial charge in [-0.15, -0.1) is 0 Å². The minimum Gasteiger partial charge on any atom is -0.372 e. The normalized spacial score (nSPS) is 15.2. The quantitative estimate of drug-likeness (QED) is 0.725. The predicted molar refractivity (Wildman–Crippen MR) is 96.0 cm³/mol. The fourth-order valence-electron chi connectivity index (χ4n) is 3.58. The number of fused-ring (bicyclic) bond motifs is 2. The van der Waals surface area contributed by atoms with E-state index < -0.39 is 0 Å². The van der Waals surface area contributed by atoms with Gasteiger partial charge in [0.1, 0.15) is 0 Å². The van der Waals surface area contributed by atoms with Crippen molar-refractivity contribution in [3.63, 3.8) is 0 Å². The van der Waals surface area contributed by atoms with Gasteiger partial charge in [-0.1, -0.05) is 18.2 Å². The van der Waals surface area contributed by atoms with Crippen LogP contribution in [0.1, 0.15) is 29.6 Å². The Kier molecular flexibility index (Phi) is 3.41. The molecule has 3 aromatic carbocycles. The van der Waals surface area contributed by atoms with Gasteiger partial charge < -0.3 is 10.6 Å². The van der Waals surface area contributed by atoms with E-state index in [-0.39, 0.29) is 5.91 Å². The number of piperidine rings is 1. The number of benzene rings is 3. The Labute approximate surface area is 135 Å². The highest BCUT2D eigenvalue weighted by molar-refractivity contribution is 6.10. The van der Waals surface area contributed by atoms with Gasteiger partial charge in [0.05, 0.1) is 0 Å². The van der Waals surface area contributed by atoms with Crippen molar-refractivity contribution in [2.24, 2.45) is 5.73 Å². The Morgan fingerprint density at radius 1 is 0.870 bits per heavy atom. The zero-order valence-electron chi connectivity index (χ0n) is 13.1. The number of amides is 1. The van der Waals surface area contributed by atoms with Gasteiger partial charge >= 0.3 is 0 Å². The first-order valence-corrected chi connectivity index (χ1v) is 8.24. The maximum atomic E-state index is 11.6. The third-order valence-electron chi connectivity index (χ3n) is 4.81. The largest absolute Gasteiger partial charge is 0.372 e. The molecule has 1 heterocycles. The molecule has 1 amide bonds. The molecule has 3 heteroatoms. The van der Waals surface area contributed by atoms with Gasteiger partial charge in [0.2, 0.25) is 5.91 Å². The minimum atomic E-state index is -0.375.